The van der Waals surface area contributed by atoms with Gasteiger partial charge in [-0.25, -0.2) is 15.4 Å². The summed E-state index contributed by atoms with van der Waals surface area (Å²) in [6.45, 7) is 13.0. The fraction of sp³-hybridized carbons (Fsp3) is 0.800. The van der Waals surface area contributed by atoms with Gasteiger partial charge in [0.2, 0.25) is 5.79 Å². The van der Waals surface area contributed by atoms with E-state index in [-0.39, 0.29) is 10.8 Å². The highest BCUT2D eigenvalue weighted by molar-refractivity contribution is 5.30. The van der Waals surface area contributed by atoms with E-state index in [1.165, 1.54) is 0 Å². The van der Waals surface area contributed by atoms with Gasteiger partial charge in [-0.2, -0.15) is 14.7 Å². The molecule has 0 spiro atoms. The molecule has 0 aromatic rings. The van der Waals surface area contributed by atoms with Crippen LogP contribution in [0.4, 0.5) is 0 Å². The van der Waals surface area contributed by atoms with E-state index >= 15 is 0 Å². The van der Waals surface area contributed by atoms with Crippen LogP contribution in [-0.2, 0) is 19.6 Å². The lowest BCUT2D eigenvalue weighted by Crippen LogP contribution is -2.45. The Hall–Kier alpha value is -0.760. The summed E-state index contributed by atoms with van der Waals surface area (Å²) in [4.78, 5) is 20.2. The van der Waals surface area contributed by atoms with Gasteiger partial charge in [0, 0.05) is 19.3 Å². The molecular weight excluding hydrogens is 336 g/mol. The molecule has 2 aliphatic carbocycles. The van der Waals surface area contributed by atoms with Crippen LogP contribution in [0.3, 0.4) is 0 Å². The van der Waals surface area contributed by atoms with E-state index in [4.69, 9.17) is 9.78 Å². The third-order valence-corrected chi connectivity index (χ3v) is 5.62. The van der Waals surface area contributed by atoms with Crippen molar-refractivity contribution in [2.24, 2.45) is 16.7 Å². The van der Waals surface area contributed by atoms with Crippen molar-refractivity contribution in [3.05, 3.63) is 23.8 Å². The van der Waals surface area contributed by atoms with Crippen molar-refractivity contribution in [2.45, 2.75) is 85.2 Å². The summed E-state index contributed by atoms with van der Waals surface area (Å²) in [7, 11) is 0. The van der Waals surface area contributed by atoms with Crippen molar-refractivity contribution in [1.82, 2.24) is 0 Å². The maximum Gasteiger partial charge on any atom is 0.255 e. The van der Waals surface area contributed by atoms with Gasteiger partial charge in [-0.15, -0.1) is 0 Å². The molecule has 1 unspecified atom stereocenters. The molecule has 2 rings (SSSR count). The van der Waals surface area contributed by atoms with Crippen LogP contribution in [0.2, 0.25) is 0 Å². The molecule has 1 fully saturated rings. The average Bonchev–Trinajstić information content (AvgIpc) is 2.59. The molecule has 0 radical (unpaired) electrons. The second-order valence-corrected chi connectivity index (χ2v) is 9.66. The SMILES string of the molecule is CC(C)(C)C1=CCC(OO)(OOC2(OO)CCC(C(C)(C)C)CC2)C=C1. The molecule has 6 heteroatoms. The molecule has 2 N–H and O–H groups in total. The van der Waals surface area contributed by atoms with Crippen LogP contribution in [0, 0.1) is 16.7 Å². The Labute approximate surface area is 156 Å². The Morgan fingerprint density at radius 1 is 0.962 bits per heavy atom. The largest absolute Gasteiger partial charge is 0.255 e. The molecule has 0 heterocycles. The Kier molecular flexibility index (Phi) is 6.38. The molecule has 1 saturated carbocycles. The van der Waals surface area contributed by atoms with E-state index < -0.39 is 11.6 Å². The average molecular weight is 370 g/mol. The molecule has 0 bridgehead atoms. The van der Waals surface area contributed by atoms with Gasteiger partial charge in [-0.05, 0) is 41.2 Å². The second kappa shape index (κ2) is 7.70. The summed E-state index contributed by atoms with van der Waals surface area (Å²) >= 11 is 0. The van der Waals surface area contributed by atoms with Crippen molar-refractivity contribution in [3.8, 4) is 0 Å². The Balaban J connectivity index is 2.00. The third kappa shape index (κ3) is 4.94. The van der Waals surface area contributed by atoms with Gasteiger partial charge in [0.25, 0.3) is 5.79 Å². The zero-order chi connectivity index (χ0) is 19.6. The van der Waals surface area contributed by atoms with Crippen LogP contribution >= 0.6 is 0 Å². The summed E-state index contributed by atoms with van der Waals surface area (Å²) in [6.07, 6.45) is 8.42. The maximum absolute atomic E-state index is 9.43. The number of allylic oxidation sites excluding steroid dienone is 2. The monoisotopic (exact) mass is 370 g/mol. The molecule has 150 valence electrons. The van der Waals surface area contributed by atoms with Crippen LogP contribution in [0.5, 0.6) is 0 Å². The Morgan fingerprint density at radius 2 is 1.58 bits per heavy atom. The van der Waals surface area contributed by atoms with E-state index in [9.17, 15) is 10.5 Å². The van der Waals surface area contributed by atoms with Gasteiger partial charge < -0.3 is 0 Å². The first-order valence-corrected chi connectivity index (χ1v) is 9.37. The summed E-state index contributed by atoms with van der Waals surface area (Å²) in [5.41, 5.74) is 1.30. The van der Waals surface area contributed by atoms with Crippen molar-refractivity contribution >= 4 is 0 Å². The molecule has 0 amide bonds. The van der Waals surface area contributed by atoms with Gasteiger partial charge in [-0.3, -0.25) is 0 Å². The zero-order valence-corrected chi connectivity index (χ0v) is 16.9. The molecular formula is C20H34O6. The van der Waals surface area contributed by atoms with Crippen LogP contribution in [0.1, 0.15) is 73.6 Å². The lowest BCUT2D eigenvalue weighted by molar-refractivity contribution is -0.566. The normalized spacial score (nSPS) is 33.2. The predicted octanol–water partition coefficient (Wildman–Crippen LogP) is 5.48. The molecule has 0 saturated heterocycles. The first-order chi connectivity index (χ1) is 12.0. The number of hydrogen-bond donors (Lipinski definition) is 2. The minimum absolute atomic E-state index is 0.0141. The third-order valence-electron chi connectivity index (χ3n) is 5.62. The van der Waals surface area contributed by atoms with Gasteiger partial charge in [-0.1, -0.05) is 53.7 Å². The van der Waals surface area contributed by atoms with Crippen molar-refractivity contribution in [2.75, 3.05) is 0 Å². The molecule has 6 nitrogen and oxygen atoms in total. The van der Waals surface area contributed by atoms with Gasteiger partial charge in [0.15, 0.2) is 0 Å². The van der Waals surface area contributed by atoms with Crippen molar-refractivity contribution in [1.29, 1.82) is 0 Å². The topological polar surface area (TPSA) is 77.4 Å². The highest BCUT2D eigenvalue weighted by Crippen LogP contribution is 2.44. The summed E-state index contributed by atoms with van der Waals surface area (Å²) in [5.74, 6) is -2.17. The van der Waals surface area contributed by atoms with E-state index in [0.717, 1.165) is 18.4 Å². The van der Waals surface area contributed by atoms with Crippen molar-refractivity contribution in [3.63, 3.8) is 0 Å². The van der Waals surface area contributed by atoms with E-state index in [2.05, 4.69) is 51.3 Å². The summed E-state index contributed by atoms with van der Waals surface area (Å²) in [5, 5.41) is 18.8. The smallest absolute Gasteiger partial charge is 0.249 e. The second-order valence-electron chi connectivity index (χ2n) is 9.66. The molecule has 2 aliphatic rings. The predicted molar refractivity (Wildman–Crippen MR) is 97.8 cm³/mol. The number of hydrogen-bond acceptors (Lipinski definition) is 6. The highest BCUT2D eigenvalue weighted by Gasteiger charge is 2.45. The molecule has 1 atom stereocenters. The van der Waals surface area contributed by atoms with Gasteiger partial charge >= 0.3 is 0 Å². The van der Waals surface area contributed by atoms with E-state index in [0.29, 0.717) is 25.2 Å². The van der Waals surface area contributed by atoms with Crippen LogP contribution in [0.25, 0.3) is 0 Å². The van der Waals surface area contributed by atoms with Gasteiger partial charge in [0.05, 0.1) is 0 Å². The van der Waals surface area contributed by atoms with Crippen LogP contribution in [0.15, 0.2) is 23.8 Å². The minimum Gasteiger partial charge on any atom is -0.249 e. The minimum atomic E-state index is -1.44. The fourth-order valence-electron chi connectivity index (χ4n) is 3.57. The van der Waals surface area contributed by atoms with E-state index in [1.807, 2.05) is 12.2 Å². The highest BCUT2D eigenvalue weighted by atomic mass is 17.3. The molecule has 26 heavy (non-hydrogen) atoms. The van der Waals surface area contributed by atoms with E-state index in [1.54, 1.807) is 6.08 Å². The molecule has 0 aromatic heterocycles. The first-order valence-electron chi connectivity index (χ1n) is 9.37. The standard InChI is InChI=1S/C20H34O6/c1-17(2,3)15-7-11-19(23-21,12-8-15)25-26-20(24-22)13-9-16(10-14-20)18(4,5)6/h7-8,11,16,21-22H,9-10,12-14H2,1-6H3. The lowest BCUT2D eigenvalue weighted by atomic mass is 9.71. The number of rotatable bonds is 5. The fourth-order valence-corrected chi connectivity index (χ4v) is 3.57. The summed E-state index contributed by atoms with van der Waals surface area (Å²) < 4.78 is 0. The Morgan fingerprint density at radius 3 is 1.96 bits per heavy atom. The van der Waals surface area contributed by atoms with Crippen LogP contribution < -0.4 is 0 Å². The lowest BCUT2D eigenvalue weighted by Gasteiger charge is -2.42. The summed E-state index contributed by atoms with van der Waals surface area (Å²) in [6, 6.07) is 0. The van der Waals surface area contributed by atoms with Crippen LogP contribution in [-0.4, -0.2) is 22.1 Å². The zero-order valence-electron chi connectivity index (χ0n) is 16.9. The Bertz CT molecular complexity index is 531. The quantitative estimate of drug-likeness (QED) is 0.379. The van der Waals surface area contributed by atoms with Crippen molar-refractivity contribution < 1.29 is 30.1 Å². The maximum atomic E-state index is 9.43. The van der Waals surface area contributed by atoms with Gasteiger partial charge in [0.1, 0.15) is 0 Å². The first kappa shape index (κ1) is 21.5. The molecule has 0 aromatic carbocycles. The molecule has 0 aliphatic heterocycles.